The zero-order valence-corrected chi connectivity index (χ0v) is 15.6. The topological polar surface area (TPSA) is 73.3 Å². The van der Waals surface area contributed by atoms with E-state index in [-0.39, 0.29) is 5.91 Å². The predicted molar refractivity (Wildman–Crippen MR) is 97.8 cm³/mol. The lowest BCUT2D eigenvalue weighted by atomic mass is 10.1. The molecule has 1 fully saturated rings. The number of amides is 1. The first-order chi connectivity index (χ1) is 12.1. The van der Waals surface area contributed by atoms with Gasteiger partial charge in [-0.25, -0.2) is 0 Å². The summed E-state index contributed by atoms with van der Waals surface area (Å²) < 4.78 is 11.1. The number of nitrogens with one attached hydrogen (secondary N) is 1. The van der Waals surface area contributed by atoms with E-state index in [4.69, 9.17) is 9.47 Å². The van der Waals surface area contributed by atoms with Crippen LogP contribution in [0.5, 0.6) is 11.5 Å². The Bertz CT molecular complexity index is 741. The van der Waals surface area contributed by atoms with Crippen LogP contribution in [0.2, 0.25) is 0 Å². The Morgan fingerprint density at radius 1 is 1.32 bits per heavy atom. The number of anilines is 1. The molecule has 3 rings (SSSR count). The highest BCUT2D eigenvalue weighted by atomic mass is 32.1. The Kier molecular flexibility index (Phi) is 5.53. The summed E-state index contributed by atoms with van der Waals surface area (Å²) in [6, 6.07) is 5.18. The van der Waals surface area contributed by atoms with Crippen LogP contribution >= 0.6 is 11.3 Å². The molecule has 0 aliphatic heterocycles. The second-order valence-corrected chi connectivity index (χ2v) is 7.58. The van der Waals surface area contributed by atoms with Crippen LogP contribution in [0.1, 0.15) is 54.4 Å². The van der Waals surface area contributed by atoms with Crippen molar-refractivity contribution >= 4 is 22.4 Å². The van der Waals surface area contributed by atoms with E-state index < -0.39 is 0 Å². The van der Waals surface area contributed by atoms with Crippen LogP contribution in [0, 0.1) is 5.92 Å². The number of hydrogen-bond donors (Lipinski definition) is 1. The van der Waals surface area contributed by atoms with E-state index in [0.29, 0.717) is 40.6 Å². The molecule has 1 aliphatic carbocycles. The van der Waals surface area contributed by atoms with Gasteiger partial charge in [-0.2, -0.15) is 0 Å². The summed E-state index contributed by atoms with van der Waals surface area (Å²) in [6.07, 6.45) is 3.29. The van der Waals surface area contributed by atoms with E-state index in [1.165, 1.54) is 11.3 Å². The Hall–Kier alpha value is -2.15. The van der Waals surface area contributed by atoms with Gasteiger partial charge < -0.3 is 9.47 Å². The number of ether oxygens (including phenoxy) is 2. The van der Waals surface area contributed by atoms with Crippen LogP contribution in [0.3, 0.4) is 0 Å². The number of aromatic nitrogens is 2. The molecule has 1 aromatic heterocycles. The van der Waals surface area contributed by atoms with Gasteiger partial charge in [0, 0.05) is 11.5 Å². The van der Waals surface area contributed by atoms with Gasteiger partial charge in [0.25, 0.3) is 5.91 Å². The number of benzene rings is 1. The standard InChI is InChI=1S/C18H23N3O3S/c1-11(2)8-9-24-14-7-6-13(10-15(14)23-3)16(22)19-18-21-20-17(25-18)12-4-5-12/h6-7,10-12H,4-5,8-9H2,1-3H3,(H,19,21,22). The van der Waals surface area contributed by atoms with Gasteiger partial charge in [-0.3, -0.25) is 10.1 Å². The highest BCUT2D eigenvalue weighted by Gasteiger charge is 2.27. The molecule has 6 nitrogen and oxygen atoms in total. The van der Waals surface area contributed by atoms with Gasteiger partial charge in [0.05, 0.1) is 13.7 Å². The first-order valence-corrected chi connectivity index (χ1v) is 9.34. The second kappa shape index (κ2) is 7.82. The molecule has 1 aliphatic rings. The van der Waals surface area contributed by atoms with Gasteiger partial charge in [-0.05, 0) is 43.4 Å². The van der Waals surface area contributed by atoms with E-state index in [9.17, 15) is 4.79 Å². The molecule has 2 aromatic rings. The van der Waals surface area contributed by atoms with Crippen LogP contribution < -0.4 is 14.8 Å². The number of nitrogens with zero attached hydrogens (tertiary/aromatic N) is 2. The lowest BCUT2D eigenvalue weighted by Crippen LogP contribution is -2.12. The monoisotopic (exact) mass is 361 g/mol. The Morgan fingerprint density at radius 2 is 2.12 bits per heavy atom. The fourth-order valence-corrected chi connectivity index (χ4v) is 3.19. The molecule has 1 aromatic carbocycles. The minimum Gasteiger partial charge on any atom is -0.493 e. The summed E-state index contributed by atoms with van der Waals surface area (Å²) in [5.41, 5.74) is 0.497. The third kappa shape index (κ3) is 4.69. The number of carbonyl (C=O) groups is 1. The number of carbonyl (C=O) groups excluding carboxylic acids is 1. The van der Waals surface area contributed by atoms with Gasteiger partial charge in [-0.1, -0.05) is 25.2 Å². The van der Waals surface area contributed by atoms with Crippen molar-refractivity contribution < 1.29 is 14.3 Å². The van der Waals surface area contributed by atoms with E-state index in [0.717, 1.165) is 24.3 Å². The normalized spacial score (nSPS) is 13.8. The number of hydrogen-bond acceptors (Lipinski definition) is 6. The van der Waals surface area contributed by atoms with Crippen molar-refractivity contribution in [1.29, 1.82) is 0 Å². The molecule has 7 heteroatoms. The molecule has 1 N–H and O–H groups in total. The predicted octanol–water partition coefficient (Wildman–Crippen LogP) is 4.10. The van der Waals surface area contributed by atoms with Gasteiger partial charge in [0.1, 0.15) is 5.01 Å². The molecular formula is C18H23N3O3S. The molecule has 0 unspecified atom stereocenters. The largest absolute Gasteiger partial charge is 0.493 e. The van der Waals surface area contributed by atoms with Crippen molar-refractivity contribution in [3.8, 4) is 11.5 Å². The average molecular weight is 361 g/mol. The maximum Gasteiger partial charge on any atom is 0.257 e. The van der Waals surface area contributed by atoms with Gasteiger partial charge in [0.15, 0.2) is 11.5 Å². The maximum absolute atomic E-state index is 12.4. The minimum atomic E-state index is -0.231. The molecule has 1 saturated carbocycles. The van der Waals surface area contributed by atoms with Crippen LogP contribution in [0.15, 0.2) is 18.2 Å². The van der Waals surface area contributed by atoms with Gasteiger partial charge in [-0.15, -0.1) is 10.2 Å². The smallest absolute Gasteiger partial charge is 0.257 e. The van der Waals surface area contributed by atoms with Crippen molar-refractivity contribution in [2.75, 3.05) is 19.0 Å². The zero-order valence-electron chi connectivity index (χ0n) is 14.7. The molecule has 134 valence electrons. The molecule has 0 saturated heterocycles. The van der Waals surface area contributed by atoms with Crippen molar-refractivity contribution in [3.63, 3.8) is 0 Å². The molecule has 0 atom stereocenters. The molecule has 0 spiro atoms. The van der Waals surface area contributed by atoms with Crippen LogP contribution in [0.25, 0.3) is 0 Å². The van der Waals surface area contributed by atoms with E-state index in [1.807, 2.05) is 0 Å². The average Bonchev–Trinajstić information content (AvgIpc) is 3.34. The van der Waals surface area contributed by atoms with Crippen molar-refractivity contribution in [2.24, 2.45) is 5.92 Å². The molecule has 0 bridgehead atoms. The number of methoxy groups -OCH3 is 1. The van der Waals surface area contributed by atoms with Gasteiger partial charge in [0.2, 0.25) is 5.13 Å². The van der Waals surface area contributed by atoms with Crippen molar-refractivity contribution in [2.45, 2.75) is 39.0 Å². The summed E-state index contributed by atoms with van der Waals surface area (Å²) in [7, 11) is 1.57. The molecule has 25 heavy (non-hydrogen) atoms. The minimum absolute atomic E-state index is 0.231. The fourth-order valence-electron chi connectivity index (χ4n) is 2.28. The maximum atomic E-state index is 12.4. The molecular weight excluding hydrogens is 338 g/mol. The highest BCUT2D eigenvalue weighted by molar-refractivity contribution is 7.15. The summed E-state index contributed by atoms with van der Waals surface area (Å²) in [4.78, 5) is 12.4. The molecule has 1 heterocycles. The van der Waals surface area contributed by atoms with E-state index in [2.05, 4.69) is 29.4 Å². The third-order valence-corrected chi connectivity index (χ3v) is 4.97. The first kappa shape index (κ1) is 17.7. The van der Waals surface area contributed by atoms with Crippen molar-refractivity contribution in [1.82, 2.24) is 10.2 Å². The molecule has 0 radical (unpaired) electrons. The highest BCUT2D eigenvalue weighted by Crippen LogP contribution is 2.42. The summed E-state index contributed by atoms with van der Waals surface area (Å²) in [6.45, 7) is 4.92. The number of rotatable bonds is 8. The lowest BCUT2D eigenvalue weighted by molar-refractivity contribution is 0.102. The zero-order chi connectivity index (χ0) is 17.8. The van der Waals surface area contributed by atoms with Gasteiger partial charge >= 0.3 is 0 Å². The van der Waals surface area contributed by atoms with E-state index >= 15 is 0 Å². The third-order valence-electron chi connectivity index (χ3n) is 3.97. The SMILES string of the molecule is COc1cc(C(=O)Nc2nnc(C3CC3)s2)ccc1OCCC(C)C. The summed E-state index contributed by atoms with van der Waals surface area (Å²) >= 11 is 1.44. The first-order valence-electron chi connectivity index (χ1n) is 8.52. The van der Waals surface area contributed by atoms with Crippen LogP contribution in [-0.4, -0.2) is 29.8 Å². The fraction of sp³-hybridized carbons (Fsp3) is 0.500. The summed E-state index contributed by atoms with van der Waals surface area (Å²) in [5, 5.41) is 12.5. The summed E-state index contributed by atoms with van der Waals surface area (Å²) in [5.74, 6) is 2.07. The van der Waals surface area contributed by atoms with E-state index in [1.54, 1.807) is 25.3 Å². The molecule has 1 amide bonds. The Labute approximate surface area is 151 Å². The Balaban J connectivity index is 1.64. The quantitative estimate of drug-likeness (QED) is 0.766. The van der Waals surface area contributed by atoms with Crippen molar-refractivity contribution in [3.05, 3.63) is 28.8 Å². The second-order valence-electron chi connectivity index (χ2n) is 6.57. The Morgan fingerprint density at radius 3 is 2.80 bits per heavy atom. The van der Waals surface area contributed by atoms with Crippen LogP contribution in [-0.2, 0) is 0 Å². The van der Waals surface area contributed by atoms with Crippen LogP contribution in [0.4, 0.5) is 5.13 Å². The lowest BCUT2D eigenvalue weighted by Gasteiger charge is -2.12.